The molecule has 2 fully saturated rings. The van der Waals surface area contributed by atoms with Crippen molar-refractivity contribution in [3.8, 4) is 5.75 Å². The summed E-state index contributed by atoms with van der Waals surface area (Å²) in [4.78, 5) is 29.3. The molecule has 8 heteroatoms. The fourth-order valence-electron chi connectivity index (χ4n) is 4.61. The SMILES string of the molecule is Cc1ccccc1C(=O)NC(=O)N1CCC(N2CCC(Oc3ccc(Cl)c(Cl)c3)CC2)CC1. The second-order valence-corrected chi connectivity index (χ2v) is 9.54. The number of hydrogen-bond donors (Lipinski definition) is 1. The number of nitrogens with one attached hydrogen (secondary N) is 1. The second-order valence-electron chi connectivity index (χ2n) is 8.72. The lowest BCUT2D eigenvalue weighted by molar-refractivity contribution is 0.0534. The molecule has 2 saturated heterocycles. The smallest absolute Gasteiger partial charge is 0.324 e. The number of nitrogens with zero attached hydrogens (tertiary/aromatic N) is 2. The molecule has 0 atom stereocenters. The average Bonchev–Trinajstić information content (AvgIpc) is 2.82. The Morgan fingerprint density at radius 2 is 1.64 bits per heavy atom. The predicted molar refractivity (Wildman–Crippen MR) is 130 cm³/mol. The number of halogens is 2. The first-order valence-electron chi connectivity index (χ1n) is 11.4. The lowest BCUT2D eigenvalue weighted by Crippen LogP contribution is -2.52. The molecule has 0 bridgehead atoms. The number of urea groups is 1. The van der Waals surface area contributed by atoms with Gasteiger partial charge in [0.1, 0.15) is 11.9 Å². The van der Waals surface area contributed by atoms with Crippen LogP contribution in [0.2, 0.25) is 10.0 Å². The van der Waals surface area contributed by atoms with Crippen molar-refractivity contribution in [2.75, 3.05) is 26.2 Å². The number of piperidine rings is 2. The van der Waals surface area contributed by atoms with Gasteiger partial charge in [-0.05, 0) is 56.4 Å². The molecule has 0 unspecified atom stereocenters. The van der Waals surface area contributed by atoms with Gasteiger partial charge in [0.25, 0.3) is 5.91 Å². The van der Waals surface area contributed by atoms with Crippen LogP contribution >= 0.6 is 23.2 Å². The first-order chi connectivity index (χ1) is 15.9. The van der Waals surface area contributed by atoms with Gasteiger partial charge in [0.05, 0.1) is 10.0 Å². The molecule has 0 saturated carbocycles. The Bertz CT molecular complexity index is 1000. The summed E-state index contributed by atoms with van der Waals surface area (Å²) in [5.74, 6) is 0.409. The molecule has 4 rings (SSSR count). The molecule has 33 heavy (non-hydrogen) atoms. The molecule has 2 aliphatic heterocycles. The number of ether oxygens (including phenoxy) is 1. The van der Waals surface area contributed by atoms with E-state index in [1.807, 2.05) is 25.1 Å². The van der Waals surface area contributed by atoms with Crippen LogP contribution in [0.15, 0.2) is 42.5 Å². The predicted octanol–water partition coefficient (Wildman–Crippen LogP) is 5.16. The maximum absolute atomic E-state index is 12.6. The molecule has 0 radical (unpaired) electrons. The molecule has 2 heterocycles. The largest absolute Gasteiger partial charge is 0.490 e. The summed E-state index contributed by atoms with van der Waals surface area (Å²) in [6, 6.07) is 12.8. The lowest BCUT2D eigenvalue weighted by Gasteiger charge is -2.41. The molecule has 2 aliphatic rings. The fraction of sp³-hybridized carbons (Fsp3) is 0.440. The standard InChI is InChI=1S/C25H29Cl2N3O3/c1-17-4-2-3-5-21(17)24(31)28-25(32)30-12-8-18(9-13-30)29-14-10-19(11-15-29)33-20-6-7-22(26)23(27)16-20/h2-7,16,18-19H,8-15H2,1H3,(H,28,31,32). The van der Waals surface area contributed by atoms with Gasteiger partial charge >= 0.3 is 6.03 Å². The van der Waals surface area contributed by atoms with Gasteiger partial charge in [0.2, 0.25) is 0 Å². The molecule has 2 aromatic carbocycles. The number of imide groups is 1. The van der Waals surface area contributed by atoms with Crippen LogP contribution in [0.4, 0.5) is 4.79 Å². The van der Waals surface area contributed by atoms with E-state index in [0.717, 1.165) is 50.1 Å². The molecule has 3 amide bonds. The summed E-state index contributed by atoms with van der Waals surface area (Å²) in [5, 5.41) is 3.57. The van der Waals surface area contributed by atoms with Crippen LogP contribution in [0.1, 0.15) is 41.6 Å². The van der Waals surface area contributed by atoms with E-state index >= 15 is 0 Å². The Hall–Kier alpha value is -2.28. The molecule has 6 nitrogen and oxygen atoms in total. The highest BCUT2D eigenvalue weighted by atomic mass is 35.5. The zero-order valence-electron chi connectivity index (χ0n) is 18.7. The number of amides is 3. The number of likely N-dealkylation sites (tertiary alicyclic amines) is 2. The third-order valence-corrected chi connectivity index (χ3v) is 7.29. The fourth-order valence-corrected chi connectivity index (χ4v) is 4.89. The number of hydrogen-bond acceptors (Lipinski definition) is 4. The van der Waals surface area contributed by atoms with Crippen LogP contribution in [-0.4, -0.2) is 60.1 Å². The van der Waals surface area contributed by atoms with Gasteiger partial charge in [-0.15, -0.1) is 0 Å². The van der Waals surface area contributed by atoms with Gasteiger partial charge in [0.15, 0.2) is 0 Å². The summed E-state index contributed by atoms with van der Waals surface area (Å²) in [5.41, 5.74) is 1.39. The van der Waals surface area contributed by atoms with E-state index in [0.29, 0.717) is 34.7 Å². The van der Waals surface area contributed by atoms with Crippen molar-refractivity contribution in [2.45, 2.75) is 44.8 Å². The van der Waals surface area contributed by atoms with Crippen LogP contribution in [0, 0.1) is 6.92 Å². The Balaban J connectivity index is 1.21. The lowest BCUT2D eigenvalue weighted by atomic mass is 9.99. The summed E-state index contributed by atoms with van der Waals surface area (Å²) in [7, 11) is 0. The summed E-state index contributed by atoms with van der Waals surface area (Å²) in [6.45, 7) is 5.10. The van der Waals surface area contributed by atoms with Crippen molar-refractivity contribution in [3.05, 3.63) is 63.6 Å². The summed E-state index contributed by atoms with van der Waals surface area (Å²) >= 11 is 12.1. The van der Waals surface area contributed by atoms with E-state index in [1.54, 1.807) is 29.2 Å². The quantitative estimate of drug-likeness (QED) is 0.644. The van der Waals surface area contributed by atoms with Crippen molar-refractivity contribution in [1.29, 1.82) is 0 Å². The zero-order valence-corrected chi connectivity index (χ0v) is 20.2. The number of carbonyl (C=O) groups excluding carboxylic acids is 2. The summed E-state index contributed by atoms with van der Waals surface area (Å²) < 4.78 is 6.09. The third-order valence-electron chi connectivity index (χ3n) is 6.55. The van der Waals surface area contributed by atoms with E-state index in [1.165, 1.54) is 0 Å². The second kappa shape index (κ2) is 10.8. The molecular weight excluding hydrogens is 461 g/mol. The Kier molecular flexibility index (Phi) is 7.78. The molecule has 1 N–H and O–H groups in total. The van der Waals surface area contributed by atoms with Crippen molar-refractivity contribution in [2.24, 2.45) is 0 Å². The number of carbonyl (C=O) groups is 2. The highest BCUT2D eigenvalue weighted by Gasteiger charge is 2.30. The van der Waals surface area contributed by atoms with Crippen LogP contribution in [-0.2, 0) is 0 Å². The minimum absolute atomic E-state index is 0.164. The van der Waals surface area contributed by atoms with E-state index in [4.69, 9.17) is 27.9 Å². The first-order valence-corrected chi connectivity index (χ1v) is 12.2. The maximum atomic E-state index is 12.6. The Labute approximate surface area is 204 Å². The van der Waals surface area contributed by atoms with Crippen LogP contribution in [0.5, 0.6) is 5.75 Å². The minimum Gasteiger partial charge on any atom is -0.490 e. The molecular formula is C25H29Cl2N3O3. The van der Waals surface area contributed by atoms with E-state index in [9.17, 15) is 9.59 Å². The van der Waals surface area contributed by atoms with Crippen molar-refractivity contribution in [3.63, 3.8) is 0 Å². The number of aryl methyl sites for hydroxylation is 1. The van der Waals surface area contributed by atoms with Gasteiger partial charge in [-0.1, -0.05) is 41.4 Å². The van der Waals surface area contributed by atoms with Crippen LogP contribution in [0.25, 0.3) is 0 Å². The van der Waals surface area contributed by atoms with Crippen LogP contribution in [0.3, 0.4) is 0 Å². The van der Waals surface area contributed by atoms with E-state index in [2.05, 4.69) is 10.2 Å². The third kappa shape index (κ3) is 5.99. The Morgan fingerprint density at radius 3 is 2.30 bits per heavy atom. The first kappa shape index (κ1) is 23.9. The molecule has 176 valence electrons. The van der Waals surface area contributed by atoms with Gasteiger partial charge in [0, 0.05) is 43.9 Å². The van der Waals surface area contributed by atoms with E-state index < -0.39 is 0 Å². The van der Waals surface area contributed by atoms with Crippen molar-refractivity contribution in [1.82, 2.24) is 15.1 Å². The topological polar surface area (TPSA) is 61.9 Å². The van der Waals surface area contributed by atoms with Gasteiger partial charge in [-0.25, -0.2) is 4.79 Å². The van der Waals surface area contributed by atoms with E-state index in [-0.39, 0.29) is 18.0 Å². The molecule has 2 aromatic rings. The van der Waals surface area contributed by atoms with Gasteiger partial charge in [-0.2, -0.15) is 0 Å². The maximum Gasteiger partial charge on any atom is 0.324 e. The van der Waals surface area contributed by atoms with Crippen LogP contribution < -0.4 is 10.1 Å². The highest BCUT2D eigenvalue weighted by molar-refractivity contribution is 6.42. The number of benzene rings is 2. The normalized spacial score (nSPS) is 18.2. The Morgan fingerprint density at radius 1 is 0.939 bits per heavy atom. The molecule has 0 aromatic heterocycles. The molecule has 0 spiro atoms. The minimum atomic E-state index is -0.343. The van der Waals surface area contributed by atoms with Crippen molar-refractivity contribution < 1.29 is 14.3 Å². The van der Waals surface area contributed by atoms with Crippen molar-refractivity contribution >= 4 is 35.1 Å². The zero-order chi connectivity index (χ0) is 23.4. The highest BCUT2D eigenvalue weighted by Crippen LogP contribution is 2.29. The summed E-state index contributed by atoms with van der Waals surface area (Å²) in [6.07, 6.45) is 3.88. The van der Waals surface area contributed by atoms with Gasteiger partial charge in [-0.3, -0.25) is 15.0 Å². The monoisotopic (exact) mass is 489 g/mol. The average molecular weight is 490 g/mol. The van der Waals surface area contributed by atoms with Gasteiger partial charge < -0.3 is 9.64 Å². The molecule has 0 aliphatic carbocycles. The number of rotatable bonds is 4.